The maximum atomic E-state index is 10.2. The van der Waals surface area contributed by atoms with Gasteiger partial charge in [0.05, 0.1) is 6.61 Å². The van der Waals surface area contributed by atoms with Gasteiger partial charge >= 0.3 is 29.6 Å². The standard InChI is InChI=1S/C19H40O5S.Na/c1-2-3-4-5-6-7-8-9-10-11-12-13-14-15-17-23-18-16-19-24-25(20,21)22;/h2-19H2,1H3,(H,20,21,22);/q;+1/p-1. The van der Waals surface area contributed by atoms with Crippen LogP contribution in [-0.4, -0.2) is 32.8 Å². The van der Waals surface area contributed by atoms with Gasteiger partial charge in [0.1, 0.15) is 0 Å². The monoisotopic (exact) mass is 402 g/mol. The van der Waals surface area contributed by atoms with Crippen LogP contribution in [0.2, 0.25) is 0 Å². The van der Waals surface area contributed by atoms with Gasteiger partial charge in [-0.05, 0) is 12.8 Å². The molecule has 7 heteroatoms. The third-order valence-corrected chi connectivity index (χ3v) is 4.76. The first-order chi connectivity index (χ1) is 12.1. The molecule has 0 saturated heterocycles. The molecule has 0 aromatic carbocycles. The van der Waals surface area contributed by atoms with Gasteiger partial charge in [-0.1, -0.05) is 90.4 Å². The zero-order chi connectivity index (χ0) is 18.6. The van der Waals surface area contributed by atoms with Gasteiger partial charge in [0.2, 0.25) is 10.4 Å². The van der Waals surface area contributed by atoms with E-state index in [0.717, 1.165) is 6.42 Å². The first-order valence-electron chi connectivity index (χ1n) is 10.2. The summed E-state index contributed by atoms with van der Waals surface area (Å²) in [5.41, 5.74) is 0. The van der Waals surface area contributed by atoms with E-state index in [1.807, 2.05) is 0 Å². The molecular formula is C19H39NaO5S. The third-order valence-electron chi connectivity index (χ3n) is 4.30. The largest absolute Gasteiger partial charge is 1.00 e. The fourth-order valence-electron chi connectivity index (χ4n) is 2.82. The number of ether oxygens (including phenoxy) is 1. The fourth-order valence-corrected chi connectivity index (χ4v) is 3.14. The van der Waals surface area contributed by atoms with Gasteiger partial charge in [-0.3, -0.25) is 4.18 Å². The molecule has 0 heterocycles. The quantitative estimate of drug-likeness (QED) is 0.135. The van der Waals surface area contributed by atoms with Crippen molar-refractivity contribution in [1.29, 1.82) is 0 Å². The Labute approximate surface area is 184 Å². The summed E-state index contributed by atoms with van der Waals surface area (Å²) in [5.74, 6) is 0. The second-order valence-corrected chi connectivity index (χ2v) is 7.84. The normalized spacial score (nSPS) is 11.5. The van der Waals surface area contributed by atoms with Crippen molar-refractivity contribution < 1.29 is 51.4 Å². The van der Waals surface area contributed by atoms with E-state index >= 15 is 0 Å². The van der Waals surface area contributed by atoms with Gasteiger partial charge in [-0.2, -0.15) is 0 Å². The van der Waals surface area contributed by atoms with Crippen LogP contribution in [0, 0.1) is 0 Å². The van der Waals surface area contributed by atoms with E-state index < -0.39 is 10.4 Å². The zero-order valence-electron chi connectivity index (χ0n) is 17.2. The molecule has 0 radical (unpaired) electrons. The minimum absolute atomic E-state index is 0. The van der Waals surface area contributed by atoms with Gasteiger partial charge in [0.15, 0.2) is 0 Å². The van der Waals surface area contributed by atoms with Crippen LogP contribution in [0.25, 0.3) is 0 Å². The predicted molar refractivity (Wildman–Crippen MR) is 101 cm³/mol. The predicted octanol–water partition coefficient (Wildman–Crippen LogP) is 2.36. The third kappa shape index (κ3) is 27.1. The van der Waals surface area contributed by atoms with E-state index in [9.17, 15) is 13.0 Å². The summed E-state index contributed by atoms with van der Waals surface area (Å²) in [6, 6.07) is 0. The average Bonchev–Trinajstić information content (AvgIpc) is 2.56. The fraction of sp³-hybridized carbons (Fsp3) is 1.00. The van der Waals surface area contributed by atoms with Gasteiger partial charge in [-0.15, -0.1) is 0 Å². The van der Waals surface area contributed by atoms with Crippen LogP contribution in [-0.2, 0) is 19.3 Å². The molecule has 26 heavy (non-hydrogen) atoms. The van der Waals surface area contributed by atoms with Crippen LogP contribution in [0.5, 0.6) is 0 Å². The van der Waals surface area contributed by atoms with E-state index in [1.165, 1.54) is 83.5 Å². The summed E-state index contributed by atoms with van der Waals surface area (Å²) in [4.78, 5) is 0. The molecular weight excluding hydrogens is 363 g/mol. The van der Waals surface area contributed by atoms with Crippen molar-refractivity contribution in [3.05, 3.63) is 0 Å². The van der Waals surface area contributed by atoms with Crippen molar-refractivity contribution in [2.75, 3.05) is 19.8 Å². The van der Waals surface area contributed by atoms with Crippen LogP contribution in [0.1, 0.15) is 103 Å². The summed E-state index contributed by atoms with van der Waals surface area (Å²) in [6.45, 7) is 3.30. The number of hydrogen-bond donors (Lipinski definition) is 0. The Balaban J connectivity index is 0. The minimum Gasteiger partial charge on any atom is -0.726 e. The van der Waals surface area contributed by atoms with Crippen LogP contribution < -0.4 is 29.6 Å². The van der Waals surface area contributed by atoms with E-state index in [1.54, 1.807) is 0 Å². The molecule has 152 valence electrons. The van der Waals surface area contributed by atoms with Crippen molar-refractivity contribution in [2.45, 2.75) is 103 Å². The van der Waals surface area contributed by atoms with Crippen LogP contribution in [0.3, 0.4) is 0 Å². The van der Waals surface area contributed by atoms with Crippen LogP contribution in [0.15, 0.2) is 0 Å². The van der Waals surface area contributed by atoms with E-state index in [-0.39, 0.29) is 36.2 Å². The van der Waals surface area contributed by atoms with Crippen molar-refractivity contribution in [3.63, 3.8) is 0 Å². The SMILES string of the molecule is CCCCCCCCCCCCCCCCOCCCOS(=O)(=O)[O-].[Na+]. The molecule has 0 amide bonds. The Morgan fingerprint density at radius 3 is 1.42 bits per heavy atom. The topological polar surface area (TPSA) is 75.7 Å². The number of hydrogen-bond acceptors (Lipinski definition) is 5. The molecule has 0 saturated carbocycles. The van der Waals surface area contributed by atoms with Crippen LogP contribution in [0.4, 0.5) is 0 Å². The van der Waals surface area contributed by atoms with Gasteiger partial charge in [0, 0.05) is 13.2 Å². The van der Waals surface area contributed by atoms with Crippen molar-refractivity contribution >= 4 is 10.4 Å². The molecule has 0 aromatic heterocycles. The van der Waals surface area contributed by atoms with E-state index in [4.69, 9.17) is 4.74 Å². The Morgan fingerprint density at radius 2 is 1.00 bits per heavy atom. The second-order valence-electron chi connectivity index (χ2n) is 6.79. The Morgan fingerprint density at radius 1 is 0.615 bits per heavy atom. The molecule has 0 aliphatic carbocycles. The van der Waals surface area contributed by atoms with Gasteiger partial charge in [-0.25, -0.2) is 8.42 Å². The number of unbranched alkanes of at least 4 members (excludes halogenated alkanes) is 13. The van der Waals surface area contributed by atoms with Crippen molar-refractivity contribution in [3.8, 4) is 0 Å². The van der Waals surface area contributed by atoms with Crippen LogP contribution >= 0.6 is 0 Å². The molecule has 0 aliphatic heterocycles. The summed E-state index contributed by atoms with van der Waals surface area (Å²) in [6.07, 6.45) is 19.1. The van der Waals surface area contributed by atoms with Gasteiger partial charge < -0.3 is 9.29 Å². The maximum absolute atomic E-state index is 10.2. The second kappa shape index (κ2) is 22.1. The molecule has 0 spiro atoms. The minimum atomic E-state index is -4.55. The maximum Gasteiger partial charge on any atom is 1.00 e. The first kappa shape index (κ1) is 29.0. The zero-order valence-corrected chi connectivity index (χ0v) is 20.0. The molecule has 0 rings (SSSR count). The van der Waals surface area contributed by atoms with Gasteiger partial charge in [0.25, 0.3) is 0 Å². The molecule has 0 atom stereocenters. The Kier molecular flexibility index (Phi) is 24.7. The summed E-state index contributed by atoms with van der Waals surface area (Å²) in [7, 11) is -4.55. The molecule has 0 unspecified atom stereocenters. The summed E-state index contributed by atoms with van der Waals surface area (Å²) >= 11 is 0. The van der Waals surface area contributed by atoms with Crippen molar-refractivity contribution in [2.24, 2.45) is 0 Å². The molecule has 0 aromatic rings. The van der Waals surface area contributed by atoms with E-state index in [0.29, 0.717) is 19.6 Å². The first-order valence-corrected chi connectivity index (χ1v) is 11.6. The summed E-state index contributed by atoms with van der Waals surface area (Å²) < 4.78 is 40.1. The smallest absolute Gasteiger partial charge is 0.726 e. The Bertz CT molecular complexity index is 363. The summed E-state index contributed by atoms with van der Waals surface area (Å²) in [5, 5.41) is 0. The molecule has 5 nitrogen and oxygen atoms in total. The molecule has 0 bridgehead atoms. The molecule has 0 aliphatic rings. The van der Waals surface area contributed by atoms with Crippen molar-refractivity contribution in [1.82, 2.24) is 0 Å². The van der Waals surface area contributed by atoms with E-state index in [2.05, 4.69) is 11.1 Å². The average molecular weight is 403 g/mol. The number of rotatable bonds is 20. The Hall–Kier alpha value is 0.830. The molecule has 0 fully saturated rings. The molecule has 0 N–H and O–H groups in total.